The van der Waals surface area contributed by atoms with Crippen LogP contribution in [0.5, 0.6) is 0 Å². The van der Waals surface area contributed by atoms with Crippen molar-refractivity contribution in [2.45, 2.75) is 5.22 Å². The van der Waals surface area contributed by atoms with E-state index >= 15 is 0 Å². The third kappa shape index (κ3) is 3.99. The standard InChI is InChI=1S/C20H16N4O4S/c1-27-19(26)13-7-3-5-9-16(13)22-17(25)11-29-20-24-23-18(28-20)14-10-21-15-8-4-2-6-12(14)15/h2-10,21H,11H2,1H3,(H,22,25). The number of thioether (sulfide) groups is 1. The molecule has 0 radical (unpaired) electrons. The van der Waals surface area contributed by atoms with E-state index in [0.29, 0.717) is 11.6 Å². The molecule has 0 atom stereocenters. The van der Waals surface area contributed by atoms with Crippen LogP contribution in [0.25, 0.3) is 22.4 Å². The average Bonchev–Trinajstić information content (AvgIpc) is 3.39. The van der Waals surface area contributed by atoms with Gasteiger partial charge < -0.3 is 19.5 Å². The van der Waals surface area contributed by atoms with Crippen molar-refractivity contribution in [2.75, 3.05) is 18.2 Å². The molecule has 8 nitrogen and oxygen atoms in total. The molecule has 0 unspecified atom stereocenters. The van der Waals surface area contributed by atoms with Crippen molar-refractivity contribution >= 4 is 40.2 Å². The molecular weight excluding hydrogens is 392 g/mol. The van der Waals surface area contributed by atoms with E-state index in [1.54, 1.807) is 24.3 Å². The van der Waals surface area contributed by atoms with Gasteiger partial charge in [-0.15, -0.1) is 10.2 Å². The molecule has 0 bridgehead atoms. The number of nitrogens with zero attached hydrogens (tertiary/aromatic N) is 2. The molecule has 2 N–H and O–H groups in total. The molecule has 0 spiro atoms. The van der Waals surface area contributed by atoms with Crippen LogP contribution in [0.1, 0.15) is 10.4 Å². The maximum absolute atomic E-state index is 12.3. The molecule has 9 heteroatoms. The summed E-state index contributed by atoms with van der Waals surface area (Å²) in [7, 11) is 1.29. The molecular formula is C20H16N4O4S. The molecule has 1 amide bonds. The highest BCUT2D eigenvalue weighted by Gasteiger charge is 2.16. The minimum Gasteiger partial charge on any atom is -0.465 e. The van der Waals surface area contributed by atoms with E-state index in [-0.39, 0.29) is 22.4 Å². The first-order chi connectivity index (χ1) is 14.2. The van der Waals surface area contributed by atoms with Crippen LogP contribution in [-0.2, 0) is 9.53 Å². The second-order valence-electron chi connectivity index (χ2n) is 6.00. The molecule has 0 saturated carbocycles. The zero-order chi connectivity index (χ0) is 20.2. The largest absolute Gasteiger partial charge is 0.465 e. The van der Waals surface area contributed by atoms with Gasteiger partial charge in [0.15, 0.2) is 0 Å². The summed E-state index contributed by atoms with van der Waals surface area (Å²) in [5, 5.41) is 12.0. The molecule has 4 aromatic rings. The number of para-hydroxylation sites is 2. The average molecular weight is 408 g/mol. The molecule has 2 aromatic carbocycles. The molecule has 4 rings (SSSR count). The van der Waals surface area contributed by atoms with Gasteiger partial charge in [0.25, 0.3) is 11.1 Å². The van der Waals surface area contributed by atoms with E-state index in [1.807, 2.05) is 30.5 Å². The van der Waals surface area contributed by atoms with Crippen molar-refractivity contribution in [2.24, 2.45) is 0 Å². The first-order valence-electron chi connectivity index (χ1n) is 8.65. The SMILES string of the molecule is COC(=O)c1ccccc1NC(=O)CSc1nnc(-c2c[nH]c3ccccc23)o1. The summed E-state index contributed by atoms with van der Waals surface area (Å²) in [4.78, 5) is 27.2. The van der Waals surface area contributed by atoms with Crippen molar-refractivity contribution in [3.8, 4) is 11.5 Å². The number of aromatic nitrogens is 3. The number of nitrogens with one attached hydrogen (secondary N) is 2. The van der Waals surface area contributed by atoms with Gasteiger partial charge in [-0.2, -0.15) is 0 Å². The van der Waals surface area contributed by atoms with Crippen LogP contribution in [-0.4, -0.2) is 39.9 Å². The van der Waals surface area contributed by atoms with E-state index in [1.165, 1.54) is 7.11 Å². The lowest BCUT2D eigenvalue weighted by atomic mass is 10.2. The van der Waals surface area contributed by atoms with E-state index in [4.69, 9.17) is 9.15 Å². The summed E-state index contributed by atoms with van der Waals surface area (Å²) in [6.45, 7) is 0. The van der Waals surface area contributed by atoms with E-state index in [9.17, 15) is 9.59 Å². The number of anilines is 1. The summed E-state index contributed by atoms with van der Waals surface area (Å²) in [6.07, 6.45) is 1.81. The van der Waals surface area contributed by atoms with Gasteiger partial charge in [-0.1, -0.05) is 42.1 Å². The quantitative estimate of drug-likeness (QED) is 0.369. The number of fused-ring (bicyclic) bond motifs is 1. The summed E-state index contributed by atoms with van der Waals surface area (Å²) < 4.78 is 10.4. The van der Waals surface area contributed by atoms with Crippen molar-refractivity contribution in [1.82, 2.24) is 15.2 Å². The fourth-order valence-corrected chi connectivity index (χ4v) is 3.38. The molecule has 0 fully saturated rings. The number of amides is 1. The van der Waals surface area contributed by atoms with Crippen molar-refractivity contribution in [1.29, 1.82) is 0 Å². The topological polar surface area (TPSA) is 110 Å². The van der Waals surface area contributed by atoms with Crippen molar-refractivity contribution < 1.29 is 18.7 Å². The number of benzene rings is 2. The Morgan fingerprint density at radius 1 is 1.14 bits per heavy atom. The number of aromatic amines is 1. The predicted octanol–water partition coefficient (Wildman–Crippen LogP) is 3.74. The maximum Gasteiger partial charge on any atom is 0.339 e. The number of carbonyl (C=O) groups excluding carboxylic acids is 2. The number of methoxy groups -OCH3 is 1. The molecule has 2 aromatic heterocycles. The Kier molecular flexibility index (Phi) is 5.30. The van der Waals surface area contributed by atoms with Gasteiger partial charge in [-0.3, -0.25) is 4.79 Å². The smallest absolute Gasteiger partial charge is 0.339 e. The summed E-state index contributed by atoms with van der Waals surface area (Å²) in [5.74, 6) is -0.404. The minimum atomic E-state index is -0.520. The van der Waals surface area contributed by atoms with Crippen molar-refractivity contribution in [3.05, 3.63) is 60.3 Å². The Bertz CT molecular complexity index is 1180. The monoisotopic (exact) mass is 408 g/mol. The van der Waals surface area contributed by atoms with Gasteiger partial charge in [0.1, 0.15) is 0 Å². The summed E-state index contributed by atoms with van der Waals surface area (Å²) >= 11 is 1.11. The van der Waals surface area contributed by atoms with E-state index in [2.05, 4.69) is 20.5 Å². The highest BCUT2D eigenvalue weighted by molar-refractivity contribution is 7.99. The normalized spacial score (nSPS) is 10.8. The van der Waals surface area contributed by atoms with E-state index < -0.39 is 5.97 Å². The number of ether oxygens (including phenoxy) is 1. The fraction of sp³-hybridized carbons (Fsp3) is 0.100. The number of hydrogen-bond acceptors (Lipinski definition) is 7. The molecule has 2 heterocycles. The Morgan fingerprint density at radius 3 is 2.79 bits per heavy atom. The van der Waals surface area contributed by atoms with E-state index in [0.717, 1.165) is 28.2 Å². The molecule has 0 aliphatic rings. The molecule has 0 aliphatic carbocycles. The molecule has 0 aliphatic heterocycles. The fourth-order valence-electron chi connectivity index (χ4n) is 2.82. The third-order valence-electron chi connectivity index (χ3n) is 4.16. The maximum atomic E-state index is 12.3. The number of hydrogen-bond donors (Lipinski definition) is 2. The minimum absolute atomic E-state index is 0.0467. The Morgan fingerprint density at radius 2 is 1.93 bits per heavy atom. The zero-order valence-corrected chi connectivity index (χ0v) is 16.2. The zero-order valence-electron chi connectivity index (χ0n) is 15.3. The first-order valence-corrected chi connectivity index (χ1v) is 9.64. The summed E-state index contributed by atoms with van der Waals surface area (Å²) in [6, 6.07) is 14.4. The Balaban J connectivity index is 1.42. The van der Waals surface area contributed by atoms with Crippen LogP contribution in [0.3, 0.4) is 0 Å². The lowest BCUT2D eigenvalue weighted by Gasteiger charge is -2.08. The van der Waals surface area contributed by atoms with Crippen LogP contribution in [0.4, 0.5) is 5.69 Å². The van der Waals surface area contributed by atoms with Crippen molar-refractivity contribution in [3.63, 3.8) is 0 Å². The molecule has 0 saturated heterocycles. The number of H-pyrrole nitrogens is 1. The third-order valence-corrected chi connectivity index (χ3v) is 4.98. The Hall–Kier alpha value is -3.59. The van der Waals surface area contributed by atoms with Gasteiger partial charge in [-0.05, 0) is 18.2 Å². The van der Waals surface area contributed by atoms with Crippen LogP contribution < -0.4 is 5.32 Å². The number of carbonyl (C=O) groups is 2. The first kappa shape index (κ1) is 18.8. The second kappa shape index (κ2) is 8.19. The molecule has 29 heavy (non-hydrogen) atoms. The molecule has 146 valence electrons. The predicted molar refractivity (Wildman–Crippen MR) is 109 cm³/mol. The van der Waals surface area contributed by atoms with Crippen LogP contribution in [0.15, 0.2) is 64.4 Å². The lowest BCUT2D eigenvalue weighted by molar-refractivity contribution is -0.113. The number of esters is 1. The van der Waals surface area contributed by atoms with Gasteiger partial charge in [0, 0.05) is 17.1 Å². The summed E-state index contributed by atoms with van der Waals surface area (Å²) in [5.41, 5.74) is 2.44. The number of rotatable bonds is 6. The van der Waals surface area contributed by atoms with Crippen LogP contribution in [0.2, 0.25) is 0 Å². The highest BCUT2D eigenvalue weighted by atomic mass is 32.2. The van der Waals surface area contributed by atoms with Gasteiger partial charge in [-0.25, -0.2) is 4.79 Å². The van der Waals surface area contributed by atoms with Crippen LogP contribution >= 0.6 is 11.8 Å². The van der Waals surface area contributed by atoms with Gasteiger partial charge >= 0.3 is 5.97 Å². The second-order valence-corrected chi connectivity index (χ2v) is 6.92. The lowest BCUT2D eigenvalue weighted by Crippen LogP contribution is -2.17. The Labute approximate surface area is 169 Å². The highest BCUT2D eigenvalue weighted by Crippen LogP contribution is 2.29. The van der Waals surface area contributed by atoms with Crippen LogP contribution in [0, 0.1) is 0 Å². The van der Waals surface area contributed by atoms with Gasteiger partial charge in [0.2, 0.25) is 5.91 Å². The van der Waals surface area contributed by atoms with Gasteiger partial charge in [0.05, 0.1) is 29.7 Å².